The standard InChI is InChI=1S/C21H28O2/c1-4-5-6-8-15-9-7-10-17-16(15)11-12-19-18(17)13-14-20(22-2)21(19)23-3/h4-6,8,13-17H,7,9-12H2,1-3H3/b5-4+,8-6+/t15-,16-,17-/m0/s1. The lowest BCUT2D eigenvalue weighted by Crippen LogP contribution is -2.30. The Balaban J connectivity index is 1.92. The summed E-state index contributed by atoms with van der Waals surface area (Å²) in [4.78, 5) is 0. The number of methoxy groups -OCH3 is 2. The van der Waals surface area contributed by atoms with Crippen molar-refractivity contribution in [3.05, 3.63) is 47.6 Å². The molecule has 0 heterocycles. The first kappa shape index (κ1) is 16.2. The van der Waals surface area contributed by atoms with Gasteiger partial charge in [0.05, 0.1) is 14.2 Å². The van der Waals surface area contributed by atoms with E-state index in [2.05, 4.69) is 43.4 Å². The maximum absolute atomic E-state index is 5.67. The predicted octanol–water partition coefficient (Wildman–Crippen LogP) is 5.28. The van der Waals surface area contributed by atoms with Gasteiger partial charge in [-0.3, -0.25) is 0 Å². The molecule has 0 N–H and O–H groups in total. The Morgan fingerprint density at radius 2 is 1.91 bits per heavy atom. The molecule has 0 aromatic heterocycles. The zero-order chi connectivity index (χ0) is 16.2. The van der Waals surface area contributed by atoms with E-state index in [9.17, 15) is 0 Å². The summed E-state index contributed by atoms with van der Waals surface area (Å²) in [5, 5.41) is 0. The largest absolute Gasteiger partial charge is 0.493 e. The Labute approximate surface area is 140 Å². The van der Waals surface area contributed by atoms with E-state index in [-0.39, 0.29) is 0 Å². The smallest absolute Gasteiger partial charge is 0.164 e. The average Bonchev–Trinajstić information content (AvgIpc) is 2.60. The Hall–Kier alpha value is -1.70. The fourth-order valence-corrected chi connectivity index (χ4v) is 4.58. The molecular formula is C21H28O2. The molecule has 1 fully saturated rings. The Bertz CT molecular complexity index is 600. The zero-order valence-corrected chi connectivity index (χ0v) is 14.5. The van der Waals surface area contributed by atoms with Crippen LogP contribution in [0, 0.1) is 11.8 Å². The van der Waals surface area contributed by atoms with Crippen molar-refractivity contribution in [2.45, 2.75) is 44.9 Å². The maximum Gasteiger partial charge on any atom is 0.164 e. The molecule has 3 rings (SSSR count). The number of benzene rings is 1. The van der Waals surface area contributed by atoms with Gasteiger partial charge < -0.3 is 9.47 Å². The highest BCUT2D eigenvalue weighted by Gasteiger charge is 2.37. The van der Waals surface area contributed by atoms with E-state index < -0.39 is 0 Å². The fourth-order valence-electron chi connectivity index (χ4n) is 4.58. The first-order valence-corrected chi connectivity index (χ1v) is 8.83. The number of allylic oxidation sites excluding steroid dienone is 4. The van der Waals surface area contributed by atoms with Crippen molar-refractivity contribution in [1.82, 2.24) is 0 Å². The SMILES string of the molecule is C/C=C/C=C/[C@H]1CCC[C@@H]2c3ccc(OC)c(OC)c3CC[C@H]21. The van der Waals surface area contributed by atoms with Gasteiger partial charge in [0.1, 0.15) is 0 Å². The molecule has 2 nitrogen and oxygen atoms in total. The summed E-state index contributed by atoms with van der Waals surface area (Å²) in [5.41, 5.74) is 2.88. The molecule has 1 saturated carbocycles. The van der Waals surface area contributed by atoms with Crippen LogP contribution in [0.3, 0.4) is 0 Å². The molecule has 3 atom stereocenters. The fraction of sp³-hybridized carbons (Fsp3) is 0.524. The second-order valence-corrected chi connectivity index (χ2v) is 6.68. The summed E-state index contributed by atoms with van der Waals surface area (Å²) < 4.78 is 11.2. The van der Waals surface area contributed by atoms with Crippen molar-refractivity contribution in [3.8, 4) is 11.5 Å². The minimum Gasteiger partial charge on any atom is -0.493 e. The van der Waals surface area contributed by atoms with E-state index in [1.165, 1.54) is 36.8 Å². The van der Waals surface area contributed by atoms with Gasteiger partial charge in [-0.2, -0.15) is 0 Å². The summed E-state index contributed by atoms with van der Waals surface area (Å²) in [6, 6.07) is 4.37. The normalized spacial score (nSPS) is 27.0. The lowest BCUT2D eigenvalue weighted by atomic mass is 9.63. The first-order chi connectivity index (χ1) is 11.3. The molecule has 0 saturated heterocycles. The van der Waals surface area contributed by atoms with Crippen molar-refractivity contribution in [2.75, 3.05) is 14.2 Å². The quantitative estimate of drug-likeness (QED) is 0.704. The van der Waals surface area contributed by atoms with Gasteiger partial charge in [-0.15, -0.1) is 0 Å². The molecule has 2 aliphatic carbocycles. The van der Waals surface area contributed by atoms with Gasteiger partial charge in [0.15, 0.2) is 11.5 Å². The average molecular weight is 312 g/mol. The molecule has 2 heteroatoms. The highest BCUT2D eigenvalue weighted by atomic mass is 16.5. The Morgan fingerprint density at radius 3 is 2.65 bits per heavy atom. The van der Waals surface area contributed by atoms with Crippen molar-refractivity contribution in [1.29, 1.82) is 0 Å². The van der Waals surface area contributed by atoms with Crippen LogP contribution in [0.5, 0.6) is 11.5 Å². The summed E-state index contributed by atoms with van der Waals surface area (Å²) in [7, 11) is 3.48. The van der Waals surface area contributed by atoms with Crippen molar-refractivity contribution < 1.29 is 9.47 Å². The molecule has 0 unspecified atom stereocenters. The molecule has 23 heavy (non-hydrogen) atoms. The van der Waals surface area contributed by atoms with Gasteiger partial charge in [0.2, 0.25) is 0 Å². The lowest BCUT2D eigenvalue weighted by molar-refractivity contribution is 0.214. The monoisotopic (exact) mass is 312 g/mol. The van der Waals surface area contributed by atoms with Crippen LogP contribution in [0.2, 0.25) is 0 Å². The molecule has 0 amide bonds. The van der Waals surface area contributed by atoms with Crippen LogP contribution in [-0.2, 0) is 6.42 Å². The van der Waals surface area contributed by atoms with Gasteiger partial charge >= 0.3 is 0 Å². The van der Waals surface area contributed by atoms with Crippen LogP contribution in [-0.4, -0.2) is 14.2 Å². The maximum atomic E-state index is 5.67. The number of hydrogen-bond donors (Lipinski definition) is 0. The van der Waals surface area contributed by atoms with E-state index in [1.807, 2.05) is 0 Å². The van der Waals surface area contributed by atoms with E-state index in [0.717, 1.165) is 23.8 Å². The van der Waals surface area contributed by atoms with Crippen LogP contribution >= 0.6 is 0 Å². The van der Waals surface area contributed by atoms with Gasteiger partial charge in [0.25, 0.3) is 0 Å². The topological polar surface area (TPSA) is 18.5 Å². The second-order valence-electron chi connectivity index (χ2n) is 6.68. The summed E-state index contributed by atoms with van der Waals surface area (Å²) in [6.45, 7) is 2.07. The van der Waals surface area contributed by atoms with Crippen LogP contribution in [0.15, 0.2) is 36.4 Å². The van der Waals surface area contributed by atoms with E-state index in [0.29, 0.717) is 11.8 Å². The first-order valence-electron chi connectivity index (χ1n) is 8.83. The molecule has 0 aliphatic heterocycles. The van der Waals surface area contributed by atoms with Gasteiger partial charge in [-0.05, 0) is 62.0 Å². The zero-order valence-electron chi connectivity index (χ0n) is 14.5. The van der Waals surface area contributed by atoms with Crippen molar-refractivity contribution in [3.63, 3.8) is 0 Å². The van der Waals surface area contributed by atoms with Gasteiger partial charge in [0, 0.05) is 5.56 Å². The number of fused-ring (bicyclic) bond motifs is 3. The third kappa shape index (κ3) is 3.04. The minimum atomic E-state index is 0.674. The van der Waals surface area contributed by atoms with Crippen LogP contribution < -0.4 is 9.47 Å². The lowest BCUT2D eigenvalue weighted by Gasteiger charge is -2.42. The summed E-state index contributed by atoms with van der Waals surface area (Å²) >= 11 is 0. The van der Waals surface area contributed by atoms with Crippen molar-refractivity contribution >= 4 is 0 Å². The Morgan fingerprint density at radius 1 is 1.04 bits per heavy atom. The van der Waals surface area contributed by atoms with Crippen molar-refractivity contribution in [2.24, 2.45) is 11.8 Å². The minimum absolute atomic E-state index is 0.674. The molecule has 0 spiro atoms. The molecule has 0 radical (unpaired) electrons. The third-order valence-electron chi connectivity index (χ3n) is 5.59. The number of hydrogen-bond acceptors (Lipinski definition) is 2. The number of ether oxygens (including phenoxy) is 2. The second kappa shape index (κ2) is 7.25. The molecule has 1 aromatic rings. The molecule has 124 valence electrons. The Kier molecular flexibility index (Phi) is 5.09. The predicted molar refractivity (Wildman–Crippen MR) is 95.4 cm³/mol. The van der Waals surface area contributed by atoms with Gasteiger partial charge in [-0.25, -0.2) is 0 Å². The van der Waals surface area contributed by atoms with Crippen LogP contribution in [0.25, 0.3) is 0 Å². The van der Waals surface area contributed by atoms with Crippen LogP contribution in [0.4, 0.5) is 0 Å². The third-order valence-corrected chi connectivity index (χ3v) is 5.59. The molecular weight excluding hydrogens is 284 g/mol. The highest BCUT2D eigenvalue weighted by molar-refractivity contribution is 5.53. The van der Waals surface area contributed by atoms with E-state index >= 15 is 0 Å². The number of rotatable bonds is 4. The summed E-state index contributed by atoms with van der Waals surface area (Å²) in [5.74, 6) is 3.98. The molecule has 2 aliphatic rings. The van der Waals surface area contributed by atoms with E-state index in [1.54, 1.807) is 14.2 Å². The van der Waals surface area contributed by atoms with Gasteiger partial charge in [-0.1, -0.05) is 36.8 Å². The molecule has 1 aromatic carbocycles. The highest BCUT2D eigenvalue weighted by Crippen LogP contribution is 2.51. The summed E-state index contributed by atoms with van der Waals surface area (Å²) in [6.07, 6.45) is 15.2. The molecule has 0 bridgehead atoms. The van der Waals surface area contributed by atoms with Crippen LogP contribution in [0.1, 0.15) is 49.7 Å². The van der Waals surface area contributed by atoms with E-state index in [4.69, 9.17) is 9.47 Å².